The highest BCUT2D eigenvalue weighted by Gasteiger charge is 2.48. The number of rotatable bonds is 3. The highest BCUT2D eigenvalue weighted by Crippen LogP contribution is 2.36. The zero-order valence-electron chi connectivity index (χ0n) is 15.6. The molecule has 0 spiro atoms. The molecule has 29 heavy (non-hydrogen) atoms. The van der Waals surface area contributed by atoms with E-state index in [1.807, 2.05) is 4.90 Å². The van der Waals surface area contributed by atoms with Crippen LogP contribution in [0, 0.1) is 6.92 Å². The summed E-state index contributed by atoms with van der Waals surface area (Å²) in [6.07, 6.45) is -3.84. The van der Waals surface area contributed by atoms with Crippen LogP contribution in [0.4, 0.5) is 24.9 Å². The molecule has 0 N–H and O–H groups in total. The minimum atomic E-state index is -4.49. The van der Waals surface area contributed by atoms with E-state index in [9.17, 15) is 18.0 Å². The van der Waals surface area contributed by atoms with E-state index >= 15 is 0 Å². The fourth-order valence-electron chi connectivity index (χ4n) is 4.36. The van der Waals surface area contributed by atoms with E-state index in [1.165, 1.54) is 10.6 Å². The monoisotopic (exact) mass is 412 g/mol. The van der Waals surface area contributed by atoms with Gasteiger partial charge in [-0.2, -0.15) is 23.1 Å². The third-order valence-electron chi connectivity index (χ3n) is 5.69. The van der Waals surface area contributed by atoms with E-state index in [0.717, 1.165) is 11.3 Å². The zero-order valence-corrected chi connectivity index (χ0v) is 15.6. The average molecular weight is 412 g/mol. The number of anilines is 2. The first kappa shape index (κ1) is 18.4. The maximum atomic E-state index is 13.8. The third-order valence-corrected chi connectivity index (χ3v) is 5.69. The number of morpholine rings is 1. The predicted molar refractivity (Wildman–Crippen MR) is 93.7 cm³/mol. The molecule has 3 atom stereocenters. The van der Waals surface area contributed by atoms with E-state index in [0.29, 0.717) is 19.0 Å². The molecule has 0 saturated carbocycles. The van der Waals surface area contributed by atoms with Crippen molar-refractivity contribution in [3.05, 3.63) is 28.1 Å². The van der Waals surface area contributed by atoms with Gasteiger partial charge in [-0.3, -0.25) is 9.36 Å². The average Bonchev–Trinajstić information content (AvgIpc) is 3.38. The molecular weight excluding hydrogens is 393 g/mol. The highest BCUT2D eigenvalue weighted by molar-refractivity contribution is 5.49. The summed E-state index contributed by atoms with van der Waals surface area (Å²) in [7, 11) is 0. The van der Waals surface area contributed by atoms with E-state index in [4.69, 9.17) is 9.26 Å². The number of alkyl halides is 3. The summed E-state index contributed by atoms with van der Waals surface area (Å²) in [4.78, 5) is 24.2. The Hall–Kier alpha value is -2.63. The van der Waals surface area contributed by atoms with Crippen LogP contribution in [0.1, 0.15) is 24.6 Å². The van der Waals surface area contributed by atoms with Gasteiger partial charge in [0.1, 0.15) is 11.9 Å². The highest BCUT2D eigenvalue weighted by atomic mass is 19.4. The Bertz CT molecular complexity index is 990. The Morgan fingerprint density at radius 1 is 1.31 bits per heavy atom. The fourth-order valence-corrected chi connectivity index (χ4v) is 4.36. The maximum Gasteiger partial charge on any atom is 0.408 e. The van der Waals surface area contributed by atoms with Crippen molar-refractivity contribution in [2.75, 3.05) is 23.0 Å². The molecule has 156 valence electrons. The van der Waals surface area contributed by atoms with Gasteiger partial charge in [-0.15, -0.1) is 0 Å². The molecular formula is C17H19F3N6O3. The van der Waals surface area contributed by atoms with Crippen molar-refractivity contribution in [3.8, 4) is 0 Å². The molecule has 3 aliphatic heterocycles. The summed E-state index contributed by atoms with van der Waals surface area (Å²) in [5.74, 6) is 0.729. The molecule has 5 heterocycles. The van der Waals surface area contributed by atoms with Gasteiger partial charge in [0.15, 0.2) is 5.82 Å². The third kappa shape index (κ3) is 3.15. The minimum absolute atomic E-state index is 0.0211. The Morgan fingerprint density at radius 3 is 2.76 bits per heavy atom. The van der Waals surface area contributed by atoms with Crippen LogP contribution in [0.15, 0.2) is 15.4 Å². The first-order chi connectivity index (χ1) is 13.8. The van der Waals surface area contributed by atoms with Gasteiger partial charge in [-0.25, -0.2) is 0 Å². The van der Waals surface area contributed by atoms with Crippen molar-refractivity contribution in [1.29, 1.82) is 0 Å². The Balaban J connectivity index is 1.57. The van der Waals surface area contributed by atoms with Crippen LogP contribution in [0.25, 0.3) is 0 Å². The molecule has 9 nitrogen and oxygen atoms in total. The summed E-state index contributed by atoms with van der Waals surface area (Å²) >= 11 is 0. The molecule has 2 unspecified atom stereocenters. The second-order valence-corrected chi connectivity index (χ2v) is 7.61. The summed E-state index contributed by atoms with van der Waals surface area (Å²) in [5, 5.41) is 3.72. The Kier molecular flexibility index (Phi) is 4.09. The summed E-state index contributed by atoms with van der Waals surface area (Å²) < 4.78 is 53.1. The lowest BCUT2D eigenvalue weighted by atomic mass is 10.1. The molecule has 0 amide bonds. The van der Waals surface area contributed by atoms with Gasteiger partial charge >= 0.3 is 6.18 Å². The first-order valence-corrected chi connectivity index (χ1v) is 9.42. The molecule has 3 aliphatic rings. The molecule has 2 aromatic heterocycles. The molecule has 12 heteroatoms. The second kappa shape index (κ2) is 6.44. The summed E-state index contributed by atoms with van der Waals surface area (Å²) in [6.45, 7) is 2.36. The summed E-state index contributed by atoms with van der Waals surface area (Å²) in [6, 6.07) is -0.304. The minimum Gasteiger partial charge on any atom is -0.374 e. The molecule has 0 aliphatic carbocycles. The fraction of sp³-hybridized carbons (Fsp3) is 0.647. The first-order valence-electron chi connectivity index (χ1n) is 9.42. The maximum absolute atomic E-state index is 13.8. The van der Waals surface area contributed by atoms with Crippen LogP contribution in [0.5, 0.6) is 0 Å². The second-order valence-electron chi connectivity index (χ2n) is 7.61. The number of hydrogen-bond acceptors (Lipinski definition) is 8. The normalized spacial score (nSPS) is 26.3. The van der Waals surface area contributed by atoms with Gasteiger partial charge in [0, 0.05) is 26.1 Å². The number of aromatic nitrogens is 4. The molecule has 0 radical (unpaired) electrons. The standard InChI is InChI=1S/C17H19F3N6O3/c1-9-21-13(23-29-9)7-26-12(17(18,19)20)2-3-24-15(27)5-14(22-16(24)26)25-6-11-4-10(25)8-28-11/h5,10-12H,2-4,6-8H2,1H3/t10?,11?,12-/m0/s1. The molecule has 2 saturated heterocycles. The predicted octanol–water partition coefficient (Wildman–Crippen LogP) is 1.25. The van der Waals surface area contributed by atoms with E-state index in [-0.39, 0.29) is 54.9 Å². The number of ether oxygens (including phenoxy) is 1. The van der Waals surface area contributed by atoms with Crippen molar-refractivity contribution in [3.63, 3.8) is 0 Å². The van der Waals surface area contributed by atoms with Crippen LogP contribution < -0.4 is 15.4 Å². The Labute approximate surface area is 163 Å². The zero-order chi connectivity index (χ0) is 20.3. The number of hydrogen-bond donors (Lipinski definition) is 0. The molecule has 2 fully saturated rings. The largest absolute Gasteiger partial charge is 0.408 e. The van der Waals surface area contributed by atoms with E-state index in [1.54, 1.807) is 6.92 Å². The topological polar surface area (TPSA) is 89.5 Å². The van der Waals surface area contributed by atoms with Crippen LogP contribution in [-0.4, -0.2) is 57.2 Å². The summed E-state index contributed by atoms with van der Waals surface area (Å²) in [5.41, 5.74) is -0.372. The van der Waals surface area contributed by atoms with Crippen molar-refractivity contribution in [2.24, 2.45) is 0 Å². The Morgan fingerprint density at radius 2 is 2.14 bits per heavy atom. The van der Waals surface area contributed by atoms with Gasteiger partial charge in [0.05, 0.1) is 25.3 Å². The number of fused-ring (bicyclic) bond motifs is 3. The number of nitrogens with zero attached hydrogens (tertiary/aromatic N) is 6. The lowest BCUT2D eigenvalue weighted by Crippen LogP contribution is -2.52. The van der Waals surface area contributed by atoms with E-state index in [2.05, 4.69) is 15.1 Å². The SMILES string of the molecule is Cc1nc(CN2c3nc(N4CC5CC4CO5)cc(=O)n3CC[C@H]2C(F)(F)F)no1. The number of halogens is 3. The van der Waals surface area contributed by atoms with Crippen LogP contribution >= 0.6 is 0 Å². The van der Waals surface area contributed by atoms with Crippen LogP contribution in [0.2, 0.25) is 0 Å². The van der Waals surface area contributed by atoms with Crippen molar-refractivity contribution in [2.45, 2.75) is 57.2 Å². The molecule has 2 aromatic rings. The lowest BCUT2D eigenvalue weighted by molar-refractivity contribution is -0.153. The van der Waals surface area contributed by atoms with Crippen LogP contribution in [0.3, 0.4) is 0 Å². The van der Waals surface area contributed by atoms with Crippen LogP contribution in [-0.2, 0) is 17.8 Å². The van der Waals surface area contributed by atoms with Gasteiger partial charge in [-0.05, 0) is 12.8 Å². The van der Waals surface area contributed by atoms with Crippen molar-refractivity contribution >= 4 is 11.8 Å². The molecule has 5 rings (SSSR count). The molecule has 2 bridgehead atoms. The lowest BCUT2D eigenvalue weighted by Gasteiger charge is -2.39. The van der Waals surface area contributed by atoms with Gasteiger partial charge in [0.2, 0.25) is 11.8 Å². The van der Waals surface area contributed by atoms with E-state index < -0.39 is 12.2 Å². The van der Waals surface area contributed by atoms with Gasteiger partial charge in [-0.1, -0.05) is 5.16 Å². The van der Waals surface area contributed by atoms with Gasteiger partial charge in [0.25, 0.3) is 5.56 Å². The van der Waals surface area contributed by atoms with Gasteiger partial charge < -0.3 is 19.1 Å². The van der Waals surface area contributed by atoms with Crippen molar-refractivity contribution < 1.29 is 22.4 Å². The molecule has 0 aromatic carbocycles. The number of aryl methyl sites for hydroxylation is 1. The smallest absolute Gasteiger partial charge is 0.374 e. The van der Waals surface area contributed by atoms with Crippen molar-refractivity contribution in [1.82, 2.24) is 19.7 Å². The quantitative estimate of drug-likeness (QED) is 0.744.